The Morgan fingerprint density at radius 2 is 2.00 bits per heavy atom. The summed E-state index contributed by atoms with van der Waals surface area (Å²) in [7, 11) is 0. The Labute approximate surface area is 88.3 Å². The summed E-state index contributed by atoms with van der Waals surface area (Å²) < 4.78 is 1.18. The number of hydrazine groups is 1. The van der Waals surface area contributed by atoms with E-state index in [0.717, 1.165) is 5.01 Å². The molecule has 1 aliphatic heterocycles. The van der Waals surface area contributed by atoms with Gasteiger partial charge in [-0.1, -0.05) is 0 Å². The first kappa shape index (κ1) is 8.92. The SMILES string of the molecule is NN1C(=O)Cn2c1nc1nccnc1c2=O. The molecule has 0 aromatic carbocycles. The molecule has 3 heterocycles. The number of hydrogen-bond acceptors (Lipinski definition) is 6. The summed E-state index contributed by atoms with van der Waals surface area (Å²) in [5, 5.41) is 0.843. The quantitative estimate of drug-likeness (QED) is 0.422. The molecule has 0 spiro atoms. The largest absolute Gasteiger partial charge is 0.283 e. The second-order valence-corrected chi connectivity index (χ2v) is 3.30. The van der Waals surface area contributed by atoms with Crippen molar-refractivity contribution in [1.29, 1.82) is 0 Å². The maximum Gasteiger partial charge on any atom is 0.283 e. The van der Waals surface area contributed by atoms with Crippen LogP contribution < -0.4 is 16.4 Å². The maximum absolute atomic E-state index is 11.9. The van der Waals surface area contributed by atoms with E-state index in [1.165, 1.54) is 17.0 Å². The van der Waals surface area contributed by atoms with Crippen LogP contribution in [0.3, 0.4) is 0 Å². The fourth-order valence-corrected chi connectivity index (χ4v) is 1.59. The lowest BCUT2D eigenvalue weighted by Gasteiger charge is -2.06. The van der Waals surface area contributed by atoms with Crippen molar-refractivity contribution < 1.29 is 4.79 Å². The number of amides is 1. The summed E-state index contributed by atoms with van der Waals surface area (Å²) in [5.41, 5.74) is -0.0901. The van der Waals surface area contributed by atoms with Crippen LogP contribution in [0.25, 0.3) is 11.2 Å². The topological polar surface area (TPSA) is 107 Å². The molecule has 3 rings (SSSR count). The zero-order valence-corrected chi connectivity index (χ0v) is 7.99. The zero-order chi connectivity index (χ0) is 11.3. The first-order valence-electron chi connectivity index (χ1n) is 4.47. The molecule has 0 bridgehead atoms. The summed E-state index contributed by atoms with van der Waals surface area (Å²) >= 11 is 0. The van der Waals surface area contributed by atoms with Crippen molar-refractivity contribution >= 4 is 23.0 Å². The Morgan fingerprint density at radius 1 is 1.25 bits per heavy atom. The maximum atomic E-state index is 11.9. The van der Waals surface area contributed by atoms with E-state index in [2.05, 4.69) is 15.0 Å². The molecular formula is C8H6N6O2. The van der Waals surface area contributed by atoms with Gasteiger partial charge >= 0.3 is 0 Å². The van der Waals surface area contributed by atoms with Crippen molar-refractivity contribution in [2.45, 2.75) is 6.54 Å². The number of nitrogens with zero attached hydrogens (tertiary/aromatic N) is 5. The summed E-state index contributed by atoms with van der Waals surface area (Å²) in [6.45, 7) is -0.107. The summed E-state index contributed by atoms with van der Waals surface area (Å²) in [6.07, 6.45) is 2.82. The Balaban J connectivity index is 2.45. The smallest absolute Gasteiger partial charge is 0.271 e. The standard InChI is InChI=1S/C8H6N6O2/c9-14-4(15)3-13-7(16)5-6(12-8(13)14)11-2-1-10-5/h1-2H,3,9H2. The number of hydrogen-bond donors (Lipinski definition) is 1. The van der Waals surface area contributed by atoms with Gasteiger partial charge in [0.2, 0.25) is 5.95 Å². The minimum absolute atomic E-state index is 0.100. The lowest BCUT2D eigenvalue weighted by molar-refractivity contribution is -0.118. The Kier molecular flexibility index (Phi) is 1.57. The van der Waals surface area contributed by atoms with Crippen LogP contribution >= 0.6 is 0 Å². The molecule has 2 N–H and O–H groups in total. The molecule has 0 unspecified atom stereocenters. The van der Waals surface area contributed by atoms with E-state index < -0.39 is 5.56 Å². The van der Waals surface area contributed by atoms with E-state index >= 15 is 0 Å². The van der Waals surface area contributed by atoms with Gasteiger partial charge in [0.15, 0.2) is 11.2 Å². The minimum atomic E-state index is -0.408. The van der Waals surface area contributed by atoms with Crippen LogP contribution in [-0.2, 0) is 11.3 Å². The number of carbonyl (C=O) groups excluding carboxylic acids is 1. The van der Waals surface area contributed by atoms with Gasteiger partial charge in [-0.2, -0.15) is 4.98 Å². The molecule has 8 nitrogen and oxygen atoms in total. The highest BCUT2D eigenvalue weighted by Gasteiger charge is 2.28. The minimum Gasteiger partial charge on any atom is -0.271 e. The predicted octanol–water partition coefficient (Wildman–Crippen LogP) is -1.59. The second kappa shape index (κ2) is 2.83. The number of rotatable bonds is 0. The molecule has 8 heteroatoms. The van der Waals surface area contributed by atoms with Crippen LogP contribution in [0.4, 0.5) is 5.95 Å². The molecule has 2 aromatic heterocycles. The van der Waals surface area contributed by atoms with Gasteiger partial charge in [0.1, 0.15) is 6.54 Å². The van der Waals surface area contributed by atoms with Crippen LogP contribution in [0.1, 0.15) is 0 Å². The van der Waals surface area contributed by atoms with Crippen molar-refractivity contribution in [3.05, 3.63) is 22.7 Å². The van der Waals surface area contributed by atoms with Gasteiger partial charge in [0, 0.05) is 12.4 Å². The third-order valence-electron chi connectivity index (χ3n) is 2.35. The molecule has 1 amide bonds. The van der Waals surface area contributed by atoms with Crippen molar-refractivity contribution in [2.75, 3.05) is 5.01 Å². The average Bonchev–Trinajstić information content (AvgIpc) is 2.58. The highest BCUT2D eigenvalue weighted by molar-refractivity contribution is 5.94. The molecule has 0 fully saturated rings. The van der Waals surface area contributed by atoms with Gasteiger partial charge in [-0.15, -0.1) is 0 Å². The number of fused-ring (bicyclic) bond motifs is 2. The average molecular weight is 218 g/mol. The van der Waals surface area contributed by atoms with Crippen LogP contribution in [0.2, 0.25) is 0 Å². The number of carbonyl (C=O) groups is 1. The molecule has 16 heavy (non-hydrogen) atoms. The highest BCUT2D eigenvalue weighted by Crippen LogP contribution is 2.15. The predicted molar refractivity (Wildman–Crippen MR) is 53.3 cm³/mol. The Hall–Kier alpha value is -2.35. The van der Waals surface area contributed by atoms with Crippen LogP contribution in [-0.4, -0.2) is 25.4 Å². The number of anilines is 1. The lowest BCUT2D eigenvalue weighted by atomic mass is 10.5. The van der Waals surface area contributed by atoms with Gasteiger partial charge in [-0.25, -0.2) is 20.8 Å². The second-order valence-electron chi connectivity index (χ2n) is 3.30. The van der Waals surface area contributed by atoms with E-state index in [9.17, 15) is 9.59 Å². The van der Waals surface area contributed by atoms with Gasteiger partial charge in [-0.05, 0) is 0 Å². The van der Waals surface area contributed by atoms with Crippen molar-refractivity contribution in [3.8, 4) is 0 Å². The Morgan fingerprint density at radius 3 is 2.81 bits per heavy atom. The number of aromatic nitrogens is 4. The fraction of sp³-hybridized carbons (Fsp3) is 0.125. The first-order chi connectivity index (χ1) is 7.68. The monoisotopic (exact) mass is 218 g/mol. The van der Waals surface area contributed by atoms with Crippen LogP contribution in [0.15, 0.2) is 17.2 Å². The fourth-order valence-electron chi connectivity index (χ4n) is 1.59. The molecule has 0 saturated carbocycles. The number of nitrogens with two attached hydrogens (primary N) is 1. The van der Waals surface area contributed by atoms with Gasteiger partial charge < -0.3 is 0 Å². The Bertz CT molecular complexity index is 663. The normalized spacial score (nSPS) is 14.6. The highest BCUT2D eigenvalue weighted by atomic mass is 16.2. The molecule has 80 valence electrons. The lowest BCUT2D eigenvalue weighted by Crippen LogP contribution is -2.34. The summed E-state index contributed by atoms with van der Waals surface area (Å²) in [4.78, 5) is 35.0. The van der Waals surface area contributed by atoms with Gasteiger partial charge in [0.25, 0.3) is 11.5 Å². The van der Waals surface area contributed by atoms with Gasteiger partial charge in [-0.3, -0.25) is 14.2 Å². The summed E-state index contributed by atoms with van der Waals surface area (Å²) in [5.74, 6) is 5.17. The molecular weight excluding hydrogens is 212 g/mol. The molecule has 0 radical (unpaired) electrons. The first-order valence-corrected chi connectivity index (χ1v) is 4.47. The van der Waals surface area contributed by atoms with E-state index in [0.29, 0.717) is 0 Å². The van der Waals surface area contributed by atoms with E-state index in [4.69, 9.17) is 5.84 Å². The van der Waals surface area contributed by atoms with Gasteiger partial charge in [0.05, 0.1) is 0 Å². The summed E-state index contributed by atoms with van der Waals surface area (Å²) in [6, 6.07) is 0. The molecule has 2 aromatic rings. The zero-order valence-electron chi connectivity index (χ0n) is 7.99. The third-order valence-corrected chi connectivity index (χ3v) is 2.35. The molecule has 0 aliphatic carbocycles. The van der Waals surface area contributed by atoms with E-state index in [-0.39, 0.29) is 29.6 Å². The van der Waals surface area contributed by atoms with Crippen molar-refractivity contribution in [2.24, 2.45) is 5.84 Å². The third kappa shape index (κ3) is 0.984. The molecule has 1 aliphatic rings. The van der Waals surface area contributed by atoms with Crippen LogP contribution in [0.5, 0.6) is 0 Å². The van der Waals surface area contributed by atoms with Crippen molar-refractivity contribution in [3.63, 3.8) is 0 Å². The molecule has 0 saturated heterocycles. The van der Waals surface area contributed by atoms with Crippen LogP contribution in [0, 0.1) is 0 Å². The van der Waals surface area contributed by atoms with E-state index in [1.807, 2.05) is 0 Å². The van der Waals surface area contributed by atoms with Crippen molar-refractivity contribution in [1.82, 2.24) is 19.5 Å². The van der Waals surface area contributed by atoms with E-state index in [1.54, 1.807) is 0 Å². The molecule has 0 atom stereocenters.